The van der Waals surface area contributed by atoms with Crippen LogP contribution in [0.4, 0.5) is 0 Å². The SMILES string of the molecule is O=c1c2cccnc2[se]n1-c1ccc(Cl)cn1. The van der Waals surface area contributed by atoms with Gasteiger partial charge in [0.15, 0.2) is 0 Å². The molecule has 3 aromatic rings. The number of nitrogens with zero attached hydrogens (tertiary/aromatic N) is 3. The molecule has 17 heavy (non-hydrogen) atoms. The van der Waals surface area contributed by atoms with Gasteiger partial charge in [0.05, 0.1) is 0 Å². The molecular formula is C11H6ClN3OSe. The molecule has 0 amide bonds. The summed E-state index contributed by atoms with van der Waals surface area (Å²) in [6.45, 7) is 0. The molecule has 0 aliphatic heterocycles. The summed E-state index contributed by atoms with van der Waals surface area (Å²) < 4.78 is 2.50. The van der Waals surface area contributed by atoms with Gasteiger partial charge in [-0.15, -0.1) is 0 Å². The van der Waals surface area contributed by atoms with Crippen molar-refractivity contribution < 1.29 is 0 Å². The molecule has 0 aliphatic rings. The maximum absolute atomic E-state index is 12.1. The Morgan fingerprint density at radius 1 is 1.24 bits per heavy atom. The van der Waals surface area contributed by atoms with Gasteiger partial charge in [-0.05, 0) is 0 Å². The molecule has 0 aliphatic carbocycles. The Balaban J connectivity index is 2.27. The second-order valence-corrected chi connectivity index (χ2v) is 5.78. The topological polar surface area (TPSA) is 47.8 Å². The van der Waals surface area contributed by atoms with Gasteiger partial charge in [0.2, 0.25) is 0 Å². The van der Waals surface area contributed by atoms with Crippen molar-refractivity contribution in [3.63, 3.8) is 0 Å². The summed E-state index contributed by atoms with van der Waals surface area (Å²) in [6.07, 6.45) is 3.24. The fourth-order valence-corrected chi connectivity index (χ4v) is 3.54. The van der Waals surface area contributed by atoms with Crippen LogP contribution in [-0.2, 0) is 0 Å². The molecule has 0 aromatic carbocycles. The molecule has 0 unspecified atom stereocenters. The van der Waals surface area contributed by atoms with Crippen LogP contribution < -0.4 is 5.56 Å². The Morgan fingerprint density at radius 3 is 2.82 bits per heavy atom. The molecule has 0 bridgehead atoms. The van der Waals surface area contributed by atoms with Gasteiger partial charge in [-0.1, -0.05) is 0 Å². The summed E-state index contributed by atoms with van der Waals surface area (Å²) in [5.41, 5.74) is -0.0390. The second kappa shape index (κ2) is 4.11. The third kappa shape index (κ3) is 1.82. The van der Waals surface area contributed by atoms with Gasteiger partial charge < -0.3 is 0 Å². The van der Waals surface area contributed by atoms with Gasteiger partial charge >= 0.3 is 107 Å². The van der Waals surface area contributed by atoms with Gasteiger partial charge in [0.25, 0.3) is 0 Å². The zero-order chi connectivity index (χ0) is 11.8. The second-order valence-electron chi connectivity index (χ2n) is 3.38. The normalized spacial score (nSPS) is 10.9. The van der Waals surface area contributed by atoms with Crippen LogP contribution in [0.1, 0.15) is 0 Å². The Labute approximate surface area is 107 Å². The third-order valence-electron chi connectivity index (χ3n) is 2.28. The van der Waals surface area contributed by atoms with Gasteiger partial charge in [0.1, 0.15) is 0 Å². The molecule has 3 heterocycles. The first kappa shape index (κ1) is 10.7. The molecule has 4 nitrogen and oxygen atoms in total. The van der Waals surface area contributed by atoms with Gasteiger partial charge in [-0.3, -0.25) is 0 Å². The minimum absolute atomic E-state index is 0.0390. The maximum atomic E-state index is 12.1. The van der Waals surface area contributed by atoms with Crippen LogP contribution in [-0.4, -0.2) is 28.3 Å². The first-order valence-electron chi connectivity index (χ1n) is 4.85. The van der Waals surface area contributed by atoms with E-state index in [-0.39, 0.29) is 20.3 Å². The molecule has 3 rings (SSSR count). The van der Waals surface area contributed by atoms with E-state index < -0.39 is 0 Å². The van der Waals surface area contributed by atoms with E-state index in [0.29, 0.717) is 16.2 Å². The van der Waals surface area contributed by atoms with Crippen LogP contribution in [0.5, 0.6) is 0 Å². The molecule has 0 radical (unpaired) electrons. The first-order chi connectivity index (χ1) is 8.25. The minimum atomic E-state index is -0.144. The Hall–Kier alpha value is -1.42. The molecule has 84 valence electrons. The molecule has 0 fully saturated rings. The van der Waals surface area contributed by atoms with Crippen molar-refractivity contribution >= 4 is 36.1 Å². The van der Waals surface area contributed by atoms with Crippen molar-refractivity contribution in [2.75, 3.05) is 0 Å². The van der Waals surface area contributed by atoms with Crippen molar-refractivity contribution in [3.05, 3.63) is 52.0 Å². The van der Waals surface area contributed by atoms with E-state index in [2.05, 4.69) is 9.97 Å². The molecule has 0 N–H and O–H groups in total. The van der Waals surface area contributed by atoms with Crippen molar-refractivity contribution in [1.82, 2.24) is 13.5 Å². The van der Waals surface area contributed by atoms with Crippen LogP contribution in [0.2, 0.25) is 5.02 Å². The molecule has 0 spiro atoms. The Bertz CT molecular complexity index is 732. The number of fused-ring (bicyclic) bond motifs is 1. The van der Waals surface area contributed by atoms with Crippen molar-refractivity contribution in [1.29, 1.82) is 0 Å². The quantitative estimate of drug-likeness (QED) is 0.640. The van der Waals surface area contributed by atoms with Crippen molar-refractivity contribution in [2.24, 2.45) is 0 Å². The molecule has 0 atom stereocenters. The van der Waals surface area contributed by atoms with E-state index >= 15 is 0 Å². The zero-order valence-electron chi connectivity index (χ0n) is 8.50. The van der Waals surface area contributed by atoms with Crippen LogP contribution in [0.25, 0.3) is 15.6 Å². The summed E-state index contributed by atoms with van der Waals surface area (Å²) in [7, 11) is 0. The number of hydrogen-bond acceptors (Lipinski definition) is 3. The number of rotatable bonds is 1. The summed E-state index contributed by atoms with van der Waals surface area (Å²) in [5, 5.41) is 1.23. The van der Waals surface area contributed by atoms with E-state index in [1.807, 2.05) is 0 Å². The average Bonchev–Trinajstić information content (AvgIpc) is 2.69. The molecule has 0 saturated carbocycles. The van der Waals surface area contributed by atoms with Crippen molar-refractivity contribution in [3.8, 4) is 5.82 Å². The van der Waals surface area contributed by atoms with E-state index in [0.717, 1.165) is 4.39 Å². The summed E-state index contributed by atoms with van der Waals surface area (Å²) in [6, 6.07) is 7.03. The monoisotopic (exact) mass is 311 g/mol. The fraction of sp³-hybridized carbons (Fsp3) is 0. The summed E-state index contributed by atoms with van der Waals surface area (Å²) >= 11 is 5.63. The Kier molecular flexibility index (Phi) is 2.59. The number of aromatic nitrogens is 3. The van der Waals surface area contributed by atoms with Gasteiger partial charge in [-0.2, -0.15) is 0 Å². The average molecular weight is 311 g/mol. The van der Waals surface area contributed by atoms with Gasteiger partial charge in [-0.25, -0.2) is 0 Å². The first-order valence-corrected chi connectivity index (χ1v) is 6.85. The number of halogens is 1. The van der Waals surface area contributed by atoms with Gasteiger partial charge in [0, 0.05) is 0 Å². The zero-order valence-corrected chi connectivity index (χ0v) is 11.0. The van der Waals surface area contributed by atoms with E-state index in [9.17, 15) is 4.79 Å². The molecule has 0 saturated heterocycles. The predicted molar refractivity (Wildman–Crippen MR) is 67.1 cm³/mol. The third-order valence-corrected chi connectivity index (χ3v) is 4.68. The van der Waals surface area contributed by atoms with Crippen LogP contribution in [0.15, 0.2) is 41.5 Å². The fourth-order valence-electron chi connectivity index (χ4n) is 1.50. The summed E-state index contributed by atoms with van der Waals surface area (Å²) in [4.78, 5) is 20.5. The molecular weight excluding hydrogens is 305 g/mol. The molecule has 6 heteroatoms. The van der Waals surface area contributed by atoms with Crippen LogP contribution >= 0.6 is 11.6 Å². The number of pyridine rings is 2. The number of hydrogen-bond donors (Lipinski definition) is 0. The van der Waals surface area contributed by atoms with E-state index in [4.69, 9.17) is 11.6 Å². The summed E-state index contributed by atoms with van der Waals surface area (Å²) in [5.74, 6) is 0.623. The van der Waals surface area contributed by atoms with Crippen molar-refractivity contribution in [2.45, 2.75) is 0 Å². The van der Waals surface area contributed by atoms with Crippen LogP contribution in [0, 0.1) is 0 Å². The van der Waals surface area contributed by atoms with E-state index in [1.165, 1.54) is 6.20 Å². The predicted octanol–water partition coefficient (Wildman–Crippen LogP) is 1.49. The van der Waals surface area contributed by atoms with Crippen LogP contribution in [0.3, 0.4) is 0 Å². The van der Waals surface area contributed by atoms with E-state index in [1.54, 1.807) is 34.0 Å². The standard InChI is InChI=1S/C11H6ClN3OSe/c12-7-3-4-9(14-6-7)15-11(16)8-2-1-5-13-10(8)17-15/h1-6H. The molecule has 3 aromatic heterocycles. The Morgan fingerprint density at radius 2 is 2.12 bits per heavy atom.